The molecule has 0 atom stereocenters. The Labute approximate surface area is 161 Å². The van der Waals surface area contributed by atoms with Crippen molar-refractivity contribution in [1.82, 2.24) is 15.3 Å². The van der Waals surface area contributed by atoms with Crippen LogP contribution in [0.5, 0.6) is 0 Å². The molecule has 1 heterocycles. The van der Waals surface area contributed by atoms with Crippen LogP contribution in [0.25, 0.3) is 0 Å². The van der Waals surface area contributed by atoms with E-state index in [1.54, 1.807) is 38.1 Å². The number of carbonyl (C=O) groups is 2. The van der Waals surface area contributed by atoms with E-state index in [1.165, 1.54) is 24.7 Å². The monoisotopic (exact) mass is 393 g/mol. The molecule has 2 rings (SSSR count). The van der Waals surface area contributed by atoms with Gasteiger partial charge in [-0.2, -0.15) is 5.10 Å². The number of benzene rings is 1. The first-order valence-corrected chi connectivity index (χ1v) is 8.27. The zero-order valence-electron chi connectivity index (χ0n) is 14.4. The molecule has 2 amide bonds. The molecule has 1 aromatic carbocycles. The van der Waals surface area contributed by atoms with Crippen molar-refractivity contribution in [1.29, 1.82) is 0 Å². The second-order valence-corrected chi connectivity index (χ2v) is 6.38. The van der Waals surface area contributed by atoms with Gasteiger partial charge in [0.15, 0.2) is 0 Å². The molecule has 0 aliphatic carbocycles. The molecule has 1 aromatic heterocycles. The second kappa shape index (κ2) is 8.64. The lowest BCUT2D eigenvalue weighted by Crippen LogP contribution is -2.23. The van der Waals surface area contributed by atoms with Crippen LogP contribution in [0.15, 0.2) is 35.6 Å². The molecule has 0 fully saturated rings. The van der Waals surface area contributed by atoms with Crippen molar-refractivity contribution in [2.45, 2.75) is 6.92 Å². The number of carbonyl (C=O) groups excluding carboxylic acids is 2. The molecule has 7 nitrogen and oxygen atoms in total. The number of halogens is 2. The summed E-state index contributed by atoms with van der Waals surface area (Å²) < 4.78 is 0. The van der Waals surface area contributed by atoms with E-state index in [0.29, 0.717) is 16.3 Å². The summed E-state index contributed by atoms with van der Waals surface area (Å²) in [6.45, 7) is 1.73. The highest BCUT2D eigenvalue weighted by Gasteiger charge is 2.19. The van der Waals surface area contributed by atoms with E-state index in [0.717, 1.165) is 0 Å². The molecule has 0 spiro atoms. The highest BCUT2D eigenvalue weighted by atomic mass is 35.5. The van der Waals surface area contributed by atoms with Gasteiger partial charge in [0.25, 0.3) is 11.8 Å². The topological polar surface area (TPSA) is 86.7 Å². The molecule has 9 heteroatoms. The SMILES string of the molecule is Cc1cc(Cl)cc(C(=O)N/N=C\N(C)C)c1NC(=O)c1cccnc1Cl. The van der Waals surface area contributed by atoms with Gasteiger partial charge in [0.1, 0.15) is 11.5 Å². The smallest absolute Gasteiger partial charge is 0.273 e. The molecule has 0 saturated heterocycles. The Morgan fingerprint density at radius 2 is 1.92 bits per heavy atom. The number of aromatic nitrogens is 1. The van der Waals surface area contributed by atoms with Gasteiger partial charge >= 0.3 is 0 Å². The van der Waals surface area contributed by atoms with E-state index in [2.05, 4.69) is 20.8 Å². The molecule has 2 N–H and O–H groups in total. The number of anilines is 1. The minimum atomic E-state index is -0.513. The van der Waals surface area contributed by atoms with E-state index in [-0.39, 0.29) is 16.3 Å². The highest BCUT2D eigenvalue weighted by Crippen LogP contribution is 2.27. The average Bonchev–Trinajstić information content (AvgIpc) is 2.56. The predicted octanol–water partition coefficient (Wildman–Crippen LogP) is 3.18. The number of amides is 2. The zero-order chi connectivity index (χ0) is 19.3. The lowest BCUT2D eigenvalue weighted by Gasteiger charge is -2.14. The van der Waals surface area contributed by atoms with Crippen LogP contribution in [0.1, 0.15) is 26.3 Å². The van der Waals surface area contributed by atoms with Gasteiger partial charge in [0.05, 0.1) is 16.8 Å². The van der Waals surface area contributed by atoms with Gasteiger partial charge in [0.2, 0.25) is 0 Å². The van der Waals surface area contributed by atoms with E-state index in [9.17, 15) is 9.59 Å². The molecular weight excluding hydrogens is 377 g/mol. The lowest BCUT2D eigenvalue weighted by molar-refractivity contribution is 0.0955. The van der Waals surface area contributed by atoms with Gasteiger partial charge in [-0.15, -0.1) is 0 Å². The summed E-state index contributed by atoms with van der Waals surface area (Å²) in [4.78, 5) is 30.5. The minimum absolute atomic E-state index is 0.0678. The van der Waals surface area contributed by atoms with Crippen LogP contribution >= 0.6 is 23.2 Å². The van der Waals surface area contributed by atoms with Crippen molar-refractivity contribution in [2.24, 2.45) is 5.10 Å². The molecule has 2 aromatic rings. The van der Waals surface area contributed by atoms with Gasteiger partial charge in [-0.1, -0.05) is 23.2 Å². The van der Waals surface area contributed by atoms with Crippen LogP contribution < -0.4 is 10.7 Å². The maximum Gasteiger partial charge on any atom is 0.273 e. The third-order valence-corrected chi connectivity index (χ3v) is 3.76. The molecule has 136 valence electrons. The summed E-state index contributed by atoms with van der Waals surface area (Å²) >= 11 is 12.0. The van der Waals surface area contributed by atoms with Crippen LogP contribution in [0, 0.1) is 6.92 Å². The van der Waals surface area contributed by atoms with Crippen molar-refractivity contribution in [3.63, 3.8) is 0 Å². The van der Waals surface area contributed by atoms with Crippen molar-refractivity contribution >= 4 is 47.0 Å². The third-order valence-electron chi connectivity index (χ3n) is 3.24. The van der Waals surface area contributed by atoms with E-state index in [4.69, 9.17) is 23.2 Å². The Morgan fingerprint density at radius 1 is 1.19 bits per heavy atom. The third kappa shape index (κ3) is 4.93. The second-order valence-electron chi connectivity index (χ2n) is 5.59. The van der Waals surface area contributed by atoms with Crippen LogP contribution in [0.2, 0.25) is 10.2 Å². The number of hydrogen-bond acceptors (Lipinski definition) is 4. The summed E-state index contributed by atoms with van der Waals surface area (Å²) in [5.41, 5.74) is 3.70. The number of rotatable bonds is 5. The average molecular weight is 394 g/mol. The molecule has 0 bridgehead atoms. The summed E-state index contributed by atoms with van der Waals surface area (Å²) in [7, 11) is 3.53. The Hall–Kier alpha value is -2.64. The molecule has 0 aliphatic heterocycles. The summed E-state index contributed by atoms with van der Waals surface area (Å²) in [5, 5.41) is 6.94. The fourth-order valence-electron chi connectivity index (χ4n) is 2.09. The summed E-state index contributed by atoms with van der Waals surface area (Å²) in [5.74, 6) is -0.999. The number of aryl methyl sites for hydroxylation is 1. The van der Waals surface area contributed by atoms with Crippen LogP contribution in [-0.4, -0.2) is 42.1 Å². The fourth-order valence-corrected chi connectivity index (χ4v) is 2.57. The molecule has 0 radical (unpaired) electrons. The summed E-state index contributed by atoms with van der Waals surface area (Å²) in [6.07, 6.45) is 2.91. The first kappa shape index (κ1) is 19.7. The number of pyridine rings is 1. The quantitative estimate of drug-likeness (QED) is 0.353. The lowest BCUT2D eigenvalue weighted by atomic mass is 10.1. The van der Waals surface area contributed by atoms with E-state index in [1.807, 2.05) is 0 Å². The Bertz CT molecular complexity index is 868. The van der Waals surface area contributed by atoms with Gasteiger partial charge in [0, 0.05) is 25.3 Å². The van der Waals surface area contributed by atoms with Crippen molar-refractivity contribution in [3.05, 3.63) is 57.3 Å². The predicted molar refractivity (Wildman–Crippen MR) is 103 cm³/mol. The highest BCUT2D eigenvalue weighted by molar-refractivity contribution is 6.33. The molecule has 0 aliphatic rings. The number of hydrogen-bond donors (Lipinski definition) is 2. The molecule has 26 heavy (non-hydrogen) atoms. The van der Waals surface area contributed by atoms with Crippen molar-refractivity contribution in [2.75, 3.05) is 19.4 Å². The fraction of sp³-hybridized carbons (Fsp3) is 0.176. The largest absolute Gasteiger partial charge is 0.367 e. The normalized spacial score (nSPS) is 10.7. The van der Waals surface area contributed by atoms with Crippen LogP contribution in [-0.2, 0) is 0 Å². The number of nitrogens with zero attached hydrogens (tertiary/aromatic N) is 3. The van der Waals surface area contributed by atoms with Gasteiger partial charge in [-0.3, -0.25) is 9.59 Å². The molecule has 0 unspecified atom stereocenters. The van der Waals surface area contributed by atoms with Gasteiger partial charge in [-0.25, -0.2) is 10.4 Å². The Morgan fingerprint density at radius 3 is 2.58 bits per heavy atom. The van der Waals surface area contributed by atoms with Crippen LogP contribution in [0.3, 0.4) is 0 Å². The minimum Gasteiger partial charge on any atom is -0.367 e. The van der Waals surface area contributed by atoms with Crippen molar-refractivity contribution < 1.29 is 9.59 Å². The maximum atomic E-state index is 12.5. The van der Waals surface area contributed by atoms with E-state index < -0.39 is 11.8 Å². The number of nitrogens with one attached hydrogen (secondary N) is 2. The van der Waals surface area contributed by atoms with E-state index >= 15 is 0 Å². The standard InChI is InChI=1S/C17H17Cl2N5O2/c1-10-7-11(18)8-13(17(26)23-21-9-24(2)3)14(10)22-16(25)12-5-4-6-20-15(12)19/h4-9H,1-3H3,(H,22,25)(H,23,26)/b21-9-. The zero-order valence-corrected chi connectivity index (χ0v) is 15.9. The first-order valence-electron chi connectivity index (χ1n) is 7.51. The maximum absolute atomic E-state index is 12.5. The summed E-state index contributed by atoms with van der Waals surface area (Å²) in [6, 6.07) is 6.23. The Kier molecular flexibility index (Phi) is 6.54. The molecule has 0 saturated carbocycles. The van der Waals surface area contributed by atoms with Gasteiger partial charge < -0.3 is 10.2 Å². The van der Waals surface area contributed by atoms with Gasteiger partial charge in [-0.05, 0) is 36.8 Å². The first-order chi connectivity index (χ1) is 12.3. The Balaban J connectivity index is 2.34. The number of hydrazone groups is 1. The van der Waals surface area contributed by atoms with Crippen molar-refractivity contribution in [3.8, 4) is 0 Å². The molecular formula is C17H17Cl2N5O2. The van der Waals surface area contributed by atoms with Crippen LogP contribution in [0.4, 0.5) is 5.69 Å².